The van der Waals surface area contributed by atoms with Gasteiger partial charge < -0.3 is 15.2 Å². The van der Waals surface area contributed by atoms with E-state index < -0.39 is 11.9 Å². The van der Waals surface area contributed by atoms with Gasteiger partial charge in [0.1, 0.15) is 5.75 Å². The van der Waals surface area contributed by atoms with Gasteiger partial charge in [0, 0.05) is 0 Å². The van der Waals surface area contributed by atoms with E-state index in [4.69, 9.17) is 27.9 Å². The van der Waals surface area contributed by atoms with Crippen LogP contribution in [0.3, 0.4) is 0 Å². The number of hydrogen-bond donors (Lipinski definition) is 2. The van der Waals surface area contributed by atoms with Gasteiger partial charge in [0.05, 0.1) is 34.0 Å². The first-order valence-corrected chi connectivity index (χ1v) is 8.93. The maximum absolute atomic E-state index is 12.6. The summed E-state index contributed by atoms with van der Waals surface area (Å²) in [6, 6.07) is 16.6. The van der Waals surface area contributed by atoms with Gasteiger partial charge in [0.15, 0.2) is 0 Å². The molecule has 0 saturated heterocycles. The summed E-state index contributed by atoms with van der Waals surface area (Å²) >= 11 is 12.7. The van der Waals surface area contributed by atoms with Crippen molar-refractivity contribution in [3.8, 4) is 16.9 Å². The van der Waals surface area contributed by atoms with E-state index in [0.29, 0.717) is 5.75 Å². The van der Waals surface area contributed by atoms with Crippen molar-refractivity contribution in [1.82, 2.24) is 0 Å². The van der Waals surface area contributed by atoms with Gasteiger partial charge in [0.25, 0.3) is 5.91 Å². The smallest absolute Gasteiger partial charge is 0.336 e. The number of benzene rings is 3. The number of anilines is 1. The molecule has 0 aliphatic heterocycles. The number of aromatic carboxylic acids is 1. The zero-order valence-electron chi connectivity index (χ0n) is 14.7. The molecule has 0 heterocycles. The molecule has 0 radical (unpaired) electrons. The Labute approximate surface area is 171 Å². The molecule has 0 bridgehead atoms. The number of carbonyl (C=O) groups is 2. The summed E-state index contributed by atoms with van der Waals surface area (Å²) in [6.45, 7) is 0. The van der Waals surface area contributed by atoms with Crippen LogP contribution in [-0.4, -0.2) is 24.1 Å². The standard InChI is InChI=1S/C21H15Cl2NO4/c1-28-14-6-4-5-12(9-14)13-10-17(22)19(18(23)11-13)24-20(25)15-7-2-3-8-16(15)21(26)27/h2-11H,1H3,(H,24,25)(H,26,27). The fourth-order valence-corrected chi connectivity index (χ4v) is 3.29. The lowest BCUT2D eigenvalue weighted by molar-refractivity contribution is 0.0692. The van der Waals surface area contributed by atoms with Gasteiger partial charge in [-0.25, -0.2) is 4.79 Å². The highest BCUT2D eigenvalue weighted by atomic mass is 35.5. The predicted molar refractivity (Wildman–Crippen MR) is 110 cm³/mol. The summed E-state index contributed by atoms with van der Waals surface area (Å²) in [5.41, 5.74) is 1.70. The van der Waals surface area contributed by atoms with E-state index in [2.05, 4.69) is 5.32 Å². The molecule has 3 aromatic rings. The van der Waals surface area contributed by atoms with Crippen molar-refractivity contribution in [3.05, 3.63) is 81.8 Å². The van der Waals surface area contributed by atoms with Gasteiger partial charge in [-0.05, 0) is 47.5 Å². The largest absolute Gasteiger partial charge is 0.497 e. The third kappa shape index (κ3) is 4.11. The molecular weight excluding hydrogens is 401 g/mol. The van der Waals surface area contributed by atoms with Crippen LogP contribution in [0.25, 0.3) is 11.1 Å². The second kappa shape index (κ2) is 8.33. The van der Waals surface area contributed by atoms with Gasteiger partial charge in [-0.3, -0.25) is 4.79 Å². The molecule has 3 rings (SSSR count). The lowest BCUT2D eigenvalue weighted by atomic mass is 10.0. The van der Waals surface area contributed by atoms with Gasteiger partial charge in [-0.15, -0.1) is 0 Å². The summed E-state index contributed by atoms with van der Waals surface area (Å²) < 4.78 is 5.22. The van der Waals surface area contributed by atoms with E-state index in [1.165, 1.54) is 12.1 Å². The number of carboxylic acids is 1. The molecule has 3 aromatic carbocycles. The first-order chi connectivity index (χ1) is 13.4. The van der Waals surface area contributed by atoms with E-state index in [0.717, 1.165) is 11.1 Å². The van der Waals surface area contributed by atoms with Crippen LogP contribution >= 0.6 is 23.2 Å². The Bertz CT molecular complexity index is 1040. The van der Waals surface area contributed by atoms with Crippen molar-refractivity contribution in [2.45, 2.75) is 0 Å². The molecule has 0 saturated carbocycles. The van der Waals surface area contributed by atoms with Crippen LogP contribution < -0.4 is 10.1 Å². The number of ether oxygens (including phenoxy) is 1. The van der Waals surface area contributed by atoms with E-state index in [1.807, 2.05) is 24.3 Å². The van der Waals surface area contributed by atoms with Crippen LogP contribution in [-0.2, 0) is 0 Å². The van der Waals surface area contributed by atoms with Crippen molar-refractivity contribution in [2.75, 3.05) is 12.4 Å². The highest BCUT2D eigenvalue weighted by Gasteiger charge is 2.18. The Morgan fingerprint density at radius 1 is 0.893 bits per heavy atom. The van der Waals surface area contributed by atoms with Crippen molar-refractivity contribution in [1.29, 1.82) is 0 Å². The maximum atomic E-state index is 12.6. The van der Waals surface area contributed by atoms with E-state index >= 15 is 0 Å². The van der Waals surface area contributed by atoms with Crippen molar-refractivity contribution in [2.24, 2.45) is 0 Å². The summed E-state index contributed by atoms with van der Waals surface area (Å²) in [6.07, 6.45) is 0. The second-order valence-corrected chi connectivity index (χ2v) is 6.67. The fourth-order valence-electron chi connectivity index (χ4n) is 2.71. The number of nitrogens with one attached hydrogen (secondary N) is 1. The Hall–Kier alpha value is -3.02. The summed E-state index contributed by atoms with van der Waals surface area (Å²) in [5, 5.41) is 12.3. The Kier molecular flexibility index (Phi) is 5.87. The molecule has 142 valence electrons. The number of methoxy groups -OCH3 is 1. The molecular formula is C21H15Cl2NO4. The Balaban J connectivity index is 1.94. The van der Waals surface area contributed by atoms with Crippen molar-refractivity contribution >= 4 is 40.8 Å². The van der Waals surface area contributed by atoms with Crippen molar-refractivity contribution in [3.63, 3.8) is 0 Å². The number of carboxylic acid groups (broad SMARTS) is 1. The molecule has 2 N–H and O–H groups in total. The molecule has 0 spiro atoms. The number of hydrogen-bond acceptors (Lipinski definition) is 3. The number of carbonyl (C=O) groups excluding carboxylic acids is 1. The van der Waals surface area contributed by atoms with Crippen LogP contribution in [0.2, 0.25) is 10.0 Å². The molecule has 0 fully saturated rings. The minimum atomic E-state index is -1.20. The third-order valence-corrected chi connectivity index (χ3v) is 4.68. The minimum Gasteiger partial charge on any atom is -0.497 e. The first-order valence-electron chi connectivity index (χ1n) is 8.18. The topological polar surface area (TPSA) is 75.6 Å². The summed E-state index contributed by atoms with van der Waals surface area (Å²) in [4.78, 5) is 23.9. The lowest BCUT2D eigenvalue weighted by Crippen LogP contribution is -2.16. The van der Waals surface area contributed by atoms with Crippen LogP contribution in [0.1, 0.15) is 20.7 Å². The zero-order chi connectivity index (χ0) is 20.3. The highest BCUT2D eigenvalue weighted by Crippen LogP contribution is 2.36. The SMILES string of the molecule is COc1cccc(-c2cc(Cl)c(NC(=O)c3ccccc3C(=O)O)c(Cl)c2)c1. The predicted octanol–water partition coefficient (Wildman–Crippen LogP) is 5.62. The lowest BCUT2D eigenvalue weighted by Gasteiger charge is -2.13. The quantitative estimate of drug-likeness (QED) is 0.566. The first kappa shape index (κ1) is 19.7. The average Bonchev–Trinajstić information content (AvgIpc) is 2.70. The summed E-state index contributed by atoms with van der Waals surface area (Å²) in [5.74, 6) is -1.13. The van der Waals surface area contributed by atoms with Gasteiger partial charge in [0.2, 0.25) is 0 Å². The van der Waals surface area contributed by atoms with Gasteiger partial charge in [-0.2, -0.15) is 0 Å². The molecule has 0 aliphatic carbocycles. The maximum Gasteiger partial charge on any atom is 0.336 e. The zero-order valence-corrected chi connectivity index (χ0v) is 16.2. The number of amides is 1. The Morgan fingerprint density at radius 2 is 1.54 bits per heavy atom. The number of halogens is 2. The molecule has 1 amide bonds. The van der Waals surface area contributed by atoms with Crippen LogP contribution in [0.15, 0.2) is 60.7 Å². The molecule has 0 aromatic heterocycles. The van der Waals surface area contributed by atoms with Crippen LogP contribution in [0.4, 0.5) is 5.69 Å². The molecule has 7 heteroatoms. The minimum absolute atomic E-state index is 0.0130. The molecule has 0 atom stereocenters. The third-order valence-electron chi connectivity index (χ3n) is 4.09. The van der Waals surface area contributed by atoms with E-state index in [1.54, 1.807) is 31.4 Å². The molecule has 28 heavy (non-hydrogen) atoms. The highest BCUT2D eigenvalue weighted by molar-refractivity contribution is 6.40. The molecule has 0 unspecified atom stereocenters. The van der Waals surface area contributed by atoms with Gasteiger partial charge >= 0.3 is 5.97 Å². The summed E-state index contributed by atoms with van der Waals surface area (Å²) in [7, 11) is 1.58. The van der Waals surface area contributed by atoms with Crippen molar-refractivity contribution < 1.29 is 19.4 Å². The molecule has 0 aliphatic rings. The Morgan fingerprint density at radius 3 is 2.14 bits per heavy atom. The average molecular weight is 416 g/mol. The second-order valence-electron chi connectivity index (χ2n) is 5.85. The number of rotatable bonds is 5. The van der Waals surface area contributed by atoms with Crippen LogP contribution in [0, 0.1) is 0 Å². The van der Waals surface area contributed by atoms with E-state index in [-0.39, 0.29) is 26.9 Å². The van der Waals surface area contributed by atoms with E-state index in [9.17, 15) is 14.7 Å². The normalized spacial score (nSPS) is 10.4. The molecule has 5 nitrogen and oxygen atoms in total. The fraction of sp³-hybridized carbons (Fsp3) is 0.0476. The van der Waals surface area contributed by atoms with Gasteiger partial charge in [-0.1, -0.05) is 47.5 Å². The van der Waals surface area contributed by atoms with Crippen LogP contribution in [0.5, 0.6) is 5.75 Å². The monoisotopic (exact) mass is 415 g/mol.